The predicted octanol–water partition coefficient (Wildman–Crippen LogP) is 3.71. The first-order chi connectivity index (χ1) is 10.9. The molecule has 2 fully saturated rings. The summed E-state index contributed by atoms with van der Waals surface area (Å²) in [5, 5.41) is 3.57. The van der Waals surface area contributed by atoms with Crippen LogP contribution in [0.5, 0.6) is 5.75 Å². The molecule has 0 amide bonds. The first-order valence-corrected chi connectivity index (χ1v) is 8.97. The van der Waals surface area contributed by atoms with Gasteiger partial charge in [-0.3, -0.25) is 0 Å². The smallest absolute Gasteiger partial charge is 0.119 e. The van der Waals surface area contributed by atoms with Crippen molar-refractivity contribution in [2.45, 2.75) is 63.5 Å². The first kappa shape index (κ1) is 15.8. The van der Waals surface area contributed by atoms with Crippen LogP contribution in [0.3, 0.4) is 0 Å². The van der Waals surface area contributed by atoms with Crippen LogP contribution in [0.15, 0.2) is 24.3 Å². The zero-order valence-electron chi connectivity index (χ0n) is 13.6. The van der Waals surface area contributed by atoms with E-state index in [-0.39, 0.29) is 0 Å². The predicted molar refractivity (Wildman–Crippen MR) is 89.5 cm³/mol. The number of rotatable bonds is 6. The molecule has 122 valence electrons. The van der Waals surface area contributed by atoms with Crippen LogP contribution in [0.25, 0.3) is 0 Å². The van der Waals surface area contributed by atoms with Gasteiger partial charge in [0.15, 0.2) is 0 Å². The summed E-state index contributed by atoms with van der Waals surface area (Å²) in [7, 11) is 0. The summed E-state index contributed by atoms with van der Waals surface area (Å²) >= 11 is 0. The van der Waals surface area contributed by atoms with Crippen molar-refractivity contribution in [3.05, 3.63) is 29.8 Å². The van der Waals surface area contributed by atoms with Crippen molar-refractivity contribution in [2.24, 2.45) is 0 Å². The Balaban J connectivity index is 1.39. The fourth-order valence-corrected chi connectivity index (χ4v) is 3.44. The van der Waals surface area contributed by atoms with Gasteiger partial charge in [-0.25, -0.2) is 0 Å². The van der Waals surface area contributed by atoms with Crippen LogP contribution in [-0.4, -0.2) is 31.9 Å². The van der Waals surface area contributed by atoms with Gasteiger partial charge in [-0.1, -0.05) is 18.6 Å². The minimum absolute atomic E-state index is 0.415. The fraction of sp³-hybridized carbons (Fsp3) is 0.684. The van der Waals surface area contributed by atoms with Gasteiger partial charge < -0.3 is 14.8 Å². The summed E-state index contributed by atoms with van der Waals surface area (Å²) in [4.78, 5) is 0. The topological polar surface area (TPSA) is 30.5 Å². The minimum atomic E-state index is 0.415. The molecule has 2 aliphatic heterocycles. The van der Waals surface area contributed by atoms with E-state index < -0.39 is 0 Å². The van der Waals surface area contributed by atoms with Gasteiger partial charge in [-0.15, -0.1) is 0 Å². The van der Waals surface area contributed by atoms with Crippen molar-refractivity contribution in [3.63, 3.8) is 0 Å². The van der Waals surface area contributed by atoms with Crippen LogP contribution in [-0.2, 0) is 11.2 Å². The molecule has 0 aromatic heterocycles. The van der Waals surface area contributed by atoms with Gasteiger partial charge in [0.25, 0.3) is 0 Å². The van der Waals surface area contributed by atoms with Gasteiger partial charge in [-0.2, -0.15) is 0 Å². The fourth-order valence-electron chi connectivity index (χ4n) is 3.44. The van der Waals surface area contributed by atoms with E-state index in [2.05, 4.69) is 29.6 Å². The third-order valence-corrected chi connectivity index (χ3v) is 4.81. The monoisotopic (exact) mass is 303 g/mol. The Morgan fingerprint density at radius 3 is 2.64 bits per heavy atom. The van der Waals surface area contributed by atoms with E-state index >= 15 is 0 Å². The number of hydrogen-bond acceptors (Lipinski definition) is 3. The van der Waals surface area contributed by atoms with Crippen LogP contribution < -0.4 is 10.1 Å². The van der Waals surface area contributed by atoms with Gasteiger partial charge in [0, 0.05) is 12.6 Å². The van der Waals surface area contributed by atoms with Crippen molar-refractivity contribution in [2.75, 3.05) is 19.8 Å². The van der Waals surface area contributed by atoms with Crippen LogP contribution in [0.1, 0.15) is 50.5 Å². The highest BCUT2D eigenvalue weighted by atomic mass is 16.5. The average Bonchev–Trinajstić information content (AvgIpc) is 2.58. The number of ether oxygens (including phenoxy) is 2. The van der Waals surface area contributed by atoms with Crippen LogP contribution >= 0.6 is 0 Å². The van der Waals surface area contributed by atoms with Crippen molar-refractivity contribution in [1.82, 2.24) is 5.32 Å². The van der Waals surface area contributed by atoms with E-state index in [1.807, 2.05) is 0 Å². The molecule has 1 N–H and O–H groups in total. The third-order valence-electron chi connectivity index (χ3n) is 4.81. The normalized spacial score (nSPS) is 25.8. The number of benzene rings is 1. The molecule has 1 aromatic rings. The summed E-state index contributed by atoms with van der Waals surface area (Å²) in [6, 6.07) is 9.23. The molecule has 2 saturated heterocycles. The second kappa shape index (κ2) is 8.54. The number of hydrogen-bond donors (Lipinski definition) is 1. The lowest BCUT2D eigenvalue weighted by Crippen LogP contribution is -2.35. The highest BCUT2D eigenvalue weighted by molar-refractivity contribution is 5.27. The molecular formula is C19H29NO2. The van der Waals surface area contributed by atoms with Crippen molar-refractivity contribution in [3.8, 4) is 5.75 Å². The maximum atomic E-state index is 5.88. The summed E-state index contributed by atoms with van der Waals surface area (Å²) < 4.78 is 11.7. The zero-order valence-corrected chi connectivity index (χ0v) is 13.6. The molecule has 0 aliphatic carbocycles. The third kappa shape index (κ3) is 4.99. The standard InChI is InChI=1S/C19H29NO2/c1-3-12-20-17(5-1)11-14-22-18-9-7-16(8-10-18)15-19-6-2-4-13-21-19/h7-10,17,19-20H,1-6,11-15H2. The molecule has 3 heteroatoms. The molecule has 2 unspecified atom stereocenters. The van der Waals surface area contributed by atoms with Crippen LogP contribution in [0.4, 0.5) is 0 Å². The van der Waals surface area contributed by atoms with Gasteiger partial charge in [0.05, 0.1) is 12.7 Å². The van der Waals surface area contributed by atoms with E-state index in [0.717, 1.165) is 31.8 Å². The Hall–Kier alpha value is -1.06. The lowest BCUT2D eigenvalue weighted by atomic mass is 10.0. The number of nitrogens with one attached hydrogen (secondary N) is 1. The highest BCUT2D eigenvalue weighted by Crippen LogP contribution is 2.19. The van der Waals surface area contributed by atoms with E-state index in [1.54, 1.807) is 0 Å². The van der Waals surface area contributed by atoms with Crippen molar-refractivity contribution >= 4 is 0 Å². The van der Waals surface area contributed by atoms with Gasteiger partial charge in [0.1, 0.15) is 5.75 Å². The molecule has 0 spiro atoms. The Morgan fingerprint density at radius 1 is 1.05 bits per heavy atom. The summed E-state index contributed by atoms with van der Waals surface area (Å²) in [6.45, 7) is 2.91. The summed E-state index contributed by atoms with van der Waals surface area (Å²) in [5.74, 6) is 0.990. The molecule has 0 radical (unpaired) electrons. The quantitative estimate of drug-likeness (QED) is 0.869. The Bertz CT molecular complexity index is 420. The van der Waals surface area contributed by atoms with E-state index in [4.69, 9.17) is 9.47 Å². The van der Waals surface area contributed by atoms with Crippen LogP contribution in [0, 0.1) is 0 Å². The molecular weight excluding hydrogens is 274 g/mol. The average molecular weight is 303 g/mol. The van der Waals surface area contributed by atoms with Crippen molar-refractivity contribution < 1.29 is 9.47 Å². The van der Waals surface area contributed by atoms with Crippen LogP contribution in [0.2, 0.25) is 0 Å². The lowest BCUT2D eigenvalue weighted by molar-refractivity contribution is 0.0168. The maximum Gasteiger partial charge on any atom is 0.119 e. The summed E-state index contributed by atoms with van der Waals surface area (Å²) in [6.07, 6.45) is 10.3. The number of piperidine rings is 1. The largest absolute Gasteiger partial charge is 0.494 e. The van der Waals surface area contributed by atoms with Gasteiger partial charge in [-0.05, 0) is 69.2 Å². The molecule has 2 atom stereocenters. The second-order valence-electron chi connectivity index (χ2n) is 6.62. The highest BCUT2D eigenvalue weighted by Gasteiger charge is 2.14. The molecule has 22 heavy (non-hydrogen) atoms. The van der Waals surface area contributed by atoms with E-state index in [0.29, 0.717) is 12.1 Å². The minimum Gasteiger partial charge on any atom is -0.494 e. The lowest BCUT2D eigenvalue weighted by Gasteiger charge is -2.23. The van der Waals surface area contributed by atoms with Gasteiger partial charge >= 0.3 is 0 Å². The Labute approximate surface area is 134 Å². The maximum absolute atomic E-state index is 5.88. The Kier molecular flexibility index (Phi) is 6.14. The molecule has 1 aromatic carbocycles. The van der Waals surface area contributed by atoms with Crippen molar-refractivity contribution in [1.29, 1.82) is 0 Å². The SMILES string of the molecule is c1cc(OCCC2CCCCN2)ccc1CC1CCCCO1. The molecule has 3 rings (SSSR count). The second-order valence-corrected chi connectivity index (χ2v) is 6.62. The zero-order chi connectivity index (χ0) is 15.0. The Morgan fingerprint density at radius 2 is 1.91 bits per heavy atom. The summed E-state index contributed by atoms with van der Waals surface area (Å²) in [5.41, 5.74) is 1.35. The molecule has 2 heterocycles. The molecule has 2 aliphatic rings. The molecule has 0 saturated carbocycles. The van der Waals surface area contributed by atoms with Gasteiger partial charge in [0.2, 0.25) is 0 Å². The van der Waals surface area contributed by atoms with E-state index in [1.165, 1.54) is 50.6 Å². The molecule has 3 nitrogen and oxygen atoms in total. The van der Waals surface area contributed by atoms with E-state index in [9.17, 15) is 0 Å². The molecule has 0 bridgehead atoms. The first-order valence-electron chi connectivity index (χ1n) is 8.97.